The van der Waals surface area contributed by atoms with E-state index in [2.05, 4.69) is 27.8 Å². The van der Waals surface area contributed by atoms with Gasteiger partial charge >= 0.3 is 0 Å². The number of aromatic nitrogens is 3. The normalized spacial score (nSPS) is 14.3. The number of halogens is 1. The van der Waals surface area contributed by atoms with Crippen LogP contribution in [-0.2, 0) is 19.8 Å². The third-order valence-electron chi connectivity index (χ3n) is 4.66. The highest BCUT2D eigenvalue weighted by Crippen LogP contribution is 2.30. The molecule has 136 valence electrons. The first-order chi connectivity index (χ1) is 12.7. The van der Waals surface area contributed by atoms with Gasteiger partial charge in [-0.15, -0.1) is 16.4 Å². The van der Waals surface area contributed by atoms with Crippen LogP contribution in [-0.4, -0.2) is 25.3 Å². The molecule has 1 aliphatic carbocycles. The minimum absolute atomic E-state index is 0.198. The maximum absolute atomic E-state index is 13.2. The highest BCUT2D eigenvalue weighted by Gasteiger charge is 2.30. The van der Waals surface area contributed by atoms with E-state index in [0.717, 1.165) is 34.1 Å². The van der Waals surface area contributed by atoms with Gasteiger partial charge < -0.3 is 0 Å². The first-order valence-corrected chi connectivity index (χ1v) is 10.1. The van der Waals surface area contributed by atoms with Crippen molar-refractivity contribution < 1.29 is 4.39 Å². The zero-order valence-electron chi connectivity index (χ0n) is 14.6. The Labute approximate surface area is 161 Å². The maximum Gasteiger partial charge on any atom is 0.199 e. The van der Waals surface area contributed by atoms with Gasteiger partial charge in [0.05, 0.1) is 11.5 Å². The van der Waals surface area contributed by atoms with E-state index < -0.39 is 0 Å². The Kier molecular flexibility index (Phi) is 5.02. The van der Waals surface area contributed by atoms with Crippen molar-refractivity contribution in [1.29, 1.82) is 0 Å². The molecule has 26 heavy (non-hydrogen) atoms. The van der Waals surface area contributed by atoms with Crippen LogP contribution in [0.15, 0.2) is 41.8 Å². The largest absolute Gasteiger partial charge is 0.300 e. The van der Waals surface area contributed by atoms with Crippen molar-refractivity contribution in [1.82, 2.24) is 19.2 Å². The van der Waals surface area contributed by atoms with E-state index in [4.69, 9.17) is 17.3 Å². The van der Waals surface area contributed by atoms with Gasteiger partial charge in [0.1, 0.15) is 5.82 Å². The molecule has 0 unspecified atom stereocenters. The molecule has 0 atom stereocenters. The summed E-state index contributed by atoms with van der Waals surface area (Å²) in [6, 6.07) is 11.4. The van der Waals surface area contributed by atoms with Gasteiger partial charge in [0.15, 0.2) is 10.6 Å². The standard InChI is InChI=1S/C19H21FN4S2/c1-2-23-18(17-4-3-11-26-17)21-24(19(23)25)13-22(16-9-10-16)12-14-5-7-15(20)8-6-14/h3-8,11,16H,2,9-10,12-13H2,1H3. The van der Waals surface area contributed by atoms with E-state index >= 15 is 0 Å². The van der Waals surface area contributed by atoms with Crippen molar-refractivity contribution in [3.8, 4) is 10.7 Å². The minimum Gasteiger partial charge on any atom is -0.300 e. The number of hydrogen-bond acceptors (Lipinski definition) is 4. The van der Waals surface area contributed by atoms with Gasteiger partial charge in [-0.2, -0.15) is 0 Å². The zero-order valence-corrected chi connectivity index (χ0v) is 16.3. The first kappa shape index (κ1) is 17.6. The molecule has 1 fully saturated rings. The fourth-order valence-corrected chi connectivity index (χ4v) is 4.17. The maximum atomic E-state index is 13.2. The highest BCUT2D eigenvalue weighted by atomic mass is 32.1. The summed E-state index contributed by atoms with van der Waals surface area (Å²) in [4.78, 5) is 3.52. The summed E-state index contributed by atoms with van der Waals surface area (Å²) in [5.74, 6) is 0.737. The molecule has 0 aliphatic heterocycles. The fourth-order valence-electron chi connectivity index (χ4n) is 3.14. The quantitative estimate of drug-likeness (QED) is 0.537. The summed E-state index contributed by atoms with van der Waals surface area (Å²) in [7, 11) is 0. The van der Waals surface area contributed by atoms with Crippen LogP contribution in [0, 0.1) is 10.6 Å². The molecule has 3 aromatic rings. The van der Waals surface area contributed by atoms with E-state index in [-0.39, 0.29) is 5.82 Å². The van der Waals surface area contributed by atoms with E-state index in [9.17, 15) is 4.39 Å². The second-order valence-corrected chi connectivity index (χ2v) is 7.89. The SMILES string of the molecule is CCn1c(-c2cccs2)nn(CN(Cc2ccc(F)cc2)C2CC2)c1=S. The number of thiophene rings is 1. The molecule has 4 rings (SSSR count). The fraction of sp³-hybridized carbons (Fsp3) is 0.368. The summed E-state index contributed by atoms with van der Waals surface area (Å²) in [6.07, 6.45) is 2.39. The Morgan fingerprint density at radius 1 is 1.27 bits per heavy atom. The van der Waals surface area contributed by atoms with Crippen LogP contribution in [0.25, 0.3) is 10.7 Å². The second-order valence-electron chi connectivity index (χ2n) is 6.57. The molecule has 0 amide bonds. The van der Waals surface area contributed by atoms with Crippen molar-refractivity contribution in [2.24, 2.45) is 0 Å². The highest BCUT2D eigenvalue weighted by molar-refractivity contribution is 7.71. The topological polar surface area (TPSA) is 26.0 Å². The minimum atomic E-state index is -0.198. The lowest BCUT2D eigenvalue weighted by Crippen LogP contribution is -2.29. The van der Waals surface area contributed by atoms with Crippen molar-refractivity contribution in [2.75, 3.05) is 0 Å². The Bertz CT molecular complexity index is 924. The monoisotopic (exact) mass is 388 g/mol. The van der Waals surface area contributed by atoms with E-state index in [1.807, 2.05) is 22.9 Å². The van der Waals surface area contributed by atoms with Gasteiger partial charge in [-0.1, -0.05) is 18.2 Å². The van der Waals surface area contributed by atoms with Gasteiger partial charge in [-0.3, -0.25) is 9.47 Å². The molecular formula is C19H21FN4S2. The van der Waals surface area contributed by atoms with Gasteiger partial charge in [0, 0.05) is 19.1 Å². The molecule has 4 nitrogen and oxygen atoms in total. The molecule has 0 saturated heterocycles. The zero-order chi connectivity index (χ0) is 18.1. The van der Waals surface area contributed by atoms with Crippen LogP contribution in [0.1, 0.15) is 25.3 Å². The molecule has 2 aromatic heterocycles. The molecule has 0 N–H and O–H groups in total. The molecular weight excluding hydrogens is 367 g/mol. The Morgan fingerprint density at radius 2 is 2.04 bits per heavy atom. The van der Waals surface area contributed by atoms with E-state index in [0.29, 0.717) is 12.7 Å². The summed E-state index contributed by atoms with van der Waals surface area (Å²) in [5, 5.41) is 6.87. The Balaban J connectivity index is 1.60. The molecule has 7 heteroatoms. The first-order valence-electron chi connectivity index (χ1n) is 8.85. The molecule has 1 aliphatic rings. The molecule has 2 heterocycles. The van der Waals surface area contributed by atoms with Crippen molar-refractivity contribution in [3.63, 3.8) is 0 Å². The van der Waals surface area contributed by atoms with Crippen LogP contribution in [0.4, 0.5) is 4.39 Å². The average molecular weight is 389 g/mol. The van der Waals surface area contributed by atoms with E-state index in [1.165, 1.54) is 25.0 Å². The third-order valence-corrected chi connectivity index (χ3v) is 5.96. The molecule has 0 radical (unpaired) electrons. The number of hydrogen-bond donors (Lipinski definition) is 0. The van der Waals surface area contributed by atoms with Crippen LogP contribution in [0.2, 0.25) is 0 Å². The molecule has 1 saturated carbocycles. The number of benzene rings is 1. The Hall–Kier alpha value is -1.83. The van der Waals surface area contributed by atoms with Gasteiger partial charge in [0.2, 0.25) is 0 Å². The van der Waals surface area contributed by atoms with Crippen molar-refractivity contribution in [3.05, 3.63) is 57.9 Å². The van der Waals surface area contributed by atoms with Gasteiger partial charge in [-0.25, -0.2) is 9.07 Å². The second kappa shape index (κ2) is 7.42. The molecule has 1 aromatic carbocycles. The van der Waals surface area contributed by atoms with Crippen molar-refractivity contribution >= 4 is 23.6 Å². The lowest BCUT2D eigenvalue weighted by Gasteiger charge is -2.21. The summed E-state index contributed by atoms with van der Waals surface area (Å²) in [5.41, 5.74) is 1.11. The summed E-state index contributed by atoms with van der Waals surface area (Å²) < 4.78 is 17.9. The summed E-state index contributed by atoms with van der Waals surface area (Å²) >= 11 is 7.36. The smallest absolute Gasteiger partial charge is 0.199 e. The molecule has 0 bridgehead atoms. The van der Waals surface area contributed by atoms with Crippen LogP contribution >= 0.6 is 23.6 Å². The Morgan fingerprint density at radius 3 is 2.65 bits per heavy atom. The average Bonchev–Trinajstić information content (AvgIpc) is 3.25. The lowest BCUT2D eigenvalue weighted by atomic mass is 10.2. The predicted molar refractivity (Wildman–Crippen MR) is 105 cm³/mol. The van der Waals surface area contributed by atoms with E-state index in [1.54, 1.807) is 11.3 Å². The van der Waals surface area contributed by atoms with Gasteiger partial charge in [-0.05, 0) is 61.1 Å². The van der Waals surface area contributed by atoms with Crippen LogP contribution < -0.4 is 0 Å². The van der Waals surface area contributed by atoms with Crippen molar-refractivity contribution in [2.45, 2.75) is 45.6 Å². The summed E-state index contributed by atoms with van der Waals surface area (Å²) in [6.45, 7) is 4.33. The van der Waals surface area contributed by atoms with Crippen LogP contribution in [0.5, 0.6) is 0 Å². The molecule has 0 spiro atoms. The number of nitrogens with zero attached hydrogens (tertiary/aromatic N) is 4. The lowest BCUT2D eigenvalue weighted by molar-refractivity contribution is 0.186. The van der Waals surface area contributed by atoms with Gasteiger partial charge in [0.25, 0.3) is 0 Å². The predicted octanol–water partition coefficient (Wildman–Crippen LogP) is 4.92. The third kappa shape index (κ3) is 3.65. The van der Waals surface area contributed by atoms with Crippen LogP contribution in [0.3, 0.4) is 0 Å². The number of rotatable bonds is 7.